The number of rotatable bonds is 4. The summed E-state index contributed by atoms with van der Waals surface area (Å²) in [6.45, 7) is 6.40. The fourth-order valence-corrected chi connectivity index (χ4v) is 3.02. The smallest absolute Gasteiger partial charge is 0.227 e. The summed E-state index contributed by atoms with van der Waals surface area (Å²) in [6, 6.07) is 9.86. The molecule has 1 N–H and O–H groups in total. The lowest BCUT2D eigenvalue weighted by molar-refractivity contribution is 0.635. The molecule has 0 unspecified atom stereocenters. The molecule has 0 spiro atoms. The van der Waals surface area contributed by atoms with E-state index < -0.39 is 0 Å². The second kappa shape index (κ2) is 6.88. The minimum atomic E-state index is 0.780. The maximum atomic E-state index is 4.74. The number of hydrogen-bond acceptors (Lipinski definition) is 7. The first-order valence-electron chi connectivity index (χ1n) is 8.62. The van der Waals surface area contributed by atoms with E-state index in [-0.39, 0.29) is 0 Å². The molecule has 1 fully saturated rings. The fourth-order valence-electron chi connectivity index (χ4n) is 3.02. The van der Waals surface area contributed by atoms with Crippen LogP contribution in [0.2, 0.25) is 0 Å². The second-order valence-corrected chi connectivity index (χ2v) is 5.96. The third-order valence-corrected chi connectivity index (χ3v) is 4.32. The van der Waals surface area contributed by atoms with Crippen LogP contribution in [0, 0.1) is 0 Å². The summed E-state index contributed by atoms with van der Waals surface area (Å²) in [6.07, 6.45) is 3.67. The summed E-state index contributed by atoms with van der Waals surface area (Å²) in [4.78, 5) is 22.7. The lowest BCUT2D eigenvalue weighted by atomic mass is 10.3. The van der Waals surface area contributed by atoms with Crippen molar-refractivity contribution in [2.75, 3.05) is 47.8 Å². The number of anilines is 3. The molecule has 2 aromatic heterocycles. The summed E-state index contributed by atoms with van der Waals surface area (Å²) in [5, 5.41) is 3.23. The molecule has 128 valence electrons. The molecule has 0 amide bonds. The number of aromatic nitrogens is 4. The largest absolute Gasteiger partial charge is 0.370 e. The van der Waals surface area contributed by atoms with Gasteiger partial charge in [0.1, 0.15) is 11.6 Å². The van der Waals surface area contributed by atoms with Gasteiger partial charge in [0.15, 0.2) is 0 Å². The van der Waals surface area contributed by atoms with Gasteiger partial charge >= 0.3 is 0 Å². The molecule has 7 nitrogen and oxygen atoms in total. The number of para-hydroxylation sites is 2. The standard InChI is InChI=1S/C18H21N7/c1-2-19-16-7-8-20-18(23-16)25-11-9-24(10-12-25)17-13-21-14-5-3-4-6-15(14)22-17/h3-8,13H,2,9-12H2,1H3,(H,19,20,23). The van der Waals surface area contributed by atoms with Crippen LogP contribution in [0.15, 0.2) is 42.7 Å². The van der Waals surface area contributed by atoms with Gasteiger partial charge in [-0.2, -0.15) is 4.98 Å². The van der Waals surface area contributed by atoms with E-state index in [2.05, 4.69) is 37.0 Å². The summed E-state index contributed by atoms with van der Waals surface area (Å²) in [5.41, 5.74) is 1.86. The first-order chi connectivity index (χ1) is 12.3. The van der Waals surface area contributed by atoms with Gasteiger partial charge in [-0.1, -0.05) is 12.1 Å². The van der Waals surface area contributed by atoms with Gasteiger partial charge in [-0.25, -0.2) is 9.97 Å². The highest BCUT2D eigenvalue weighted by molar-refractivity contribution is 5.75. The predicted octanol–water partition coefficient (Wildman–Crippen LogP) is 2.18. The first kappa shape index (κ1) is 15.6. The molecule has 4 rings (SSSR count). The zero-order chi connectivity index (χ0) is 17.1. The Morgan fingerprint density at radius 1 is 0.920 bits per heavy atom. The van der Waals surface area contributed by atoms with Gasteiger partial charge < -0.3 is 15.1 Å². The molecule has 3 aromatic rings. The van der Waals surface area contributed by atoms with Crippen LogP contribution in [0.1, 0.15) is 6.92 Å². The highest BCUT2D eigenvalue weighted by Gasteiger charge is 2.20. The lowest BCUT2D eigenvalue weighted by Crippen LogP contribution is -2.47. The molecule has 7 heteroatoms. The van der Waals surface area contributed by atoms with Crippen molar-refractivity contribution in [3.8, 4) is 0 Å². The molecule has 0 atom stereocenters. The van der Waals surface area contributed by atoms with Crippen molar-refractivity contribution in [2.45, 2.75) is 6.92 Å². The van der Waals surface area contributed by atoms with E-state index >= 15 is 0 Å². The zero-order valence-corrected chi connectivity index (χ0v) is 14.3. The first-order valence-corrected chi connectivity index (χ1v) is 8.62. The Morgan fingerprint density at radius 2 is 1.68 bits per heavy atom. The Labute approximate surface area is 146 Å². The topological polar surface area (TPSA) is 70.1 Å². The Morgan fingerprint density at radius 3 is 2.48 bits per heavy atom. The van der Waals surface area contributed by atoms with Crippen molar-refractivity contribution in [3.63, 3.8) is 0 Å². The normalized spacial score (nSPS) is 14.8. The molecule has 0 bridgehead atoms. The average molecular weight is 335 g/mol. The molecule has 1 aliphatic heterocycles. The number of nitrogens with one attached hydrogen (secondary N) is 1. The van der Waals surface area contributed by atoms with Crippen LogP contribution in [-0.4, -0.2) is 52.7 Å². The lowest BCUT2D eigenvalue weighted by Gasteiger charge is -2.35. The molecule has 1 saturated heterocycles. The predicted molar refractivity (Wildman–Crippen MR) is 100 cm³/mol. The minimum absolute atomic E-state index is 0.780. The van der Waals surface area contributed by atoms with Crippen molar-refractivity contribution in [2.24, 2.45) is 0 Å². The van der Waals surface area contributed by atoms with Gasteiger partial charge in [-0.3, -0.25) is 4.98 Å². The van der Waals surface area contributed by atoms with Crippen LogP contribution in [0.4, 0.5) is 17.6 Å². The van der Waals surface area contributed by atoms with Gasteiger partial charge in [-0.05, 0) is 25.1 Å². The molecule has 3 heterocycles. The summed E-state index contributed by atoms with van der Waals surface area (Å²) in [7, 11) is 0. The summed E-state index contributed by atoms with van der Waals surface area (Å²) < 4.78 is 0. The zero-order valence-electron chi connectivity index (χ0n) is 14.3. The van der Waals surface area contributed by atoms with E-state index in [1.54, 1.807) is 0 Å². The van der Waals surface area contributed by atoms with Gasteiger partial charge in [0, 0.05) is 38.9 Å². The van der Waals surface area contributed by atoms with Crippen molar-refractivity contribution >= 4 is 28.6 Å². The van der Waals surface area contributed by atoms with Crippen molar-refractivity contribution in [3.05, 3.63) is 42.7 Å². The van der Waals surface area contributed by atoms with E-state index in [9.17, 15) is 0 Å². The summed E-state index contributed by atoms with van der Waals surface area (Å²) >= 11 is 0. The molecular weight excluding hydrogens is 314 g/mol. The maximum Gasteiger partial charge on any atom is 0.227 e. The Hall–Kier alpha value is -2.96. The van der Waals surface area contributed by atoms with Gasteiger partial charge in [-0.15, -0.1) is 0 Å². The molecule has 1 aromatic carbocycles. The number of nitrogens with zero attached hydrogens (tertiary/aromatic N) is 6. The van der Waals surface area contributed by atoms with Crippen LogP contribution >= 0.6 is 0 Å². The number of fused-ring (bicyclic) bond motifs is 1. The summed E-state index contributed by atoms with van der Waals surface area (Å²) in [5.74, 6) is 2.58. The third kappa shape index (κ3) is 3.31. The molecule has 25 heavy (non-hydrogen) atoms. The highest BCUT2D eigenvalue weighted by Crippen LogP contribution is 2.19. The van der Waals surface area contributed by atoms with E-state index in [0.717, 1.165) is 61.3 Å². The van der Waals surface area contributed by atoms with E-state index in [1.165, 1.54) is 0 Å². The quantitative estimate of drug-likeness (QED) is 0.783. The number of hydrogen-bond donors (Lipinski definition) is 1. The Bertz CT molecular complexity index is 859. The van der Waals surface area contributed by atoms with E-state index in [1.807, 2.05) is 42.7 Å². The molecule has 0 saturated carbocycles. The van der Waals surface area contributed by atoms with E-state index in [4.69, 9.17) is 4.98 Å². The Balaban J connectivity index is 1.46. The van der Waals surface area contributed by atoms with Gasteiger partial charge in [0.05, 0.1) is 17.2 Å². The Kier molecular flexibility index (Phi) is 4.28. The van der Waals surface area contributed by atoms with E-state index in [0.29, 0.717) is 0 Å². The van der Waals surface area contributed by atoms with Crippen LogP contribution in [-0.2, 0) is 0 Å². The van der Waals surface area contributed by atoms with Crippen LogP contribution in [0.25, 0.3) is 11.0 Å². The molecule has 1 aliphatic rings. The molecule has 0 aliphatic carbocycles. The average Bonchev–Trinajstić information content (AvgIpc) is 2.68. The van der Waals surface area contributed by atoms with Crippen molar-refractivity contribution in [1.29, 1.82) is 0 Å². The molecule has 0 radical (unpaired) electrons. The fraction of sp³-hybridized carbons (Fsp3) is 0.333. The van der Waals surface area contributed by atoms with Crippen LogP contribution < -0.4 is 15.1 Å². The van der Waals surface area contributed by atoms with Gasteiger partial charge in [0.25, 0.3) is 0 Å². The van der Waals surface area contributed by atoms with Gasteiger partial charge in [0.2, 0.25) is 5.95 Å². The monoisotopic (exact) mass is 335 g/mol. The second-order valence-electron chi connectivity index (χ2n) is 5.96. The van der Waals surface area contributed by atoms with Crippen molar-refractivity contribution < 1.29 is 0 Å². The number of benzene rings is 1. The highest BCUT2D eigenvalue weighted by atomic mass is 15.3. The van der Waals surface area contributed by atoms with Crippen molar-refractivity contribution in [1.82, 2.24) is 19.9 Å². The third-order valence-electron chi connectivity index (χ3n) is 4.32. The SMILES string of the molecule is CCNc1ccnc(N2CCN(c3cnc4ccccc4n3)CC2)n1. The maximum absolute atomic E-state index is 4.74. The van der Waals surface area contributed by atoms with Crippen LogP contribution in [0.5, 0.6) is 0 Å². The molecular formula is C18H21N7. The minimum Gasteiger partial charge on any atom is -0.370 e. The number of piperazine rings is 1. The van der Waals surface area contributed by atoms with Crippen LogP contribution in [0.3, 0.4) is 0 Å².